The van der Waals surface area contributed by atoms with E-state index in [9.17, 15) is 18.0 Å². The van der Waals surface area contributed by atoms with Crippen LogP contribution in [-0.2, 0) is 21.9 Å². The first-order valence-corrected chi connectivity index (χ1v) is 11.1. The molecule has 0 saturated heterocycles. The lowest BCUT2D eigenvalue weighted by molar-refractivity contribution is -0.117. The molecule has 0 aliphatic carbocycles. The summed E-state index contributed by atoms with van der Waals surface area (Å²) in [6.07, 6.45) is 0.255. The standard InChI is InChI=1S/C20H28N4O6S/c1-12(2)23-31(28,29)16-9-13(21-17(25)11-20(3,4)5)7-8-15(16)30-18-10-14(19(26)27)22-24(18)6/h7-10,12,23H,11H2,1-6H3,(H,21,25)(H,26,27). The predicted molar refractivity (Wildman–Crippen MR) is 115 cm³/mol. The Bertz CT molecular complexity index is 1080. The highest BCUT2D eigenvalue weighted by Crippen LogP contribution is 2.32. The highest BCUT2D eigenvalue weighted by molar-refractivity contribution is 7.89. The molecule has 3 N–H and O–H groups in total. The molecule has 11 heteroatoms. The van der Waals surface area contributed by atoms with Crippen molar-refractivity contribution in [2.75, 3.05) is 5.32 Å². The quantitative estimate of drug-likeness (QED) is 0.559. The number of carboxylic acids is 1. The van der Waals surface area contributed by atoms with Crippen molar-refractivity contribution in [1.82, 2.24) is 14.5 Å². The number of amides is 1. The minimum absolute atomic E-state index is 0.0399. The van der Waals surface area contributed by atoms with Crippen molar-refractivity contribution >= 4 is 27.6 Å². The van der Waals surface area contributed by atoms with Crippen molar-refractivity contribution in [3.63, 3.8) is 0 Å². The maximum Gasteiger partial charge on any atom is 0.356 e. The number of rotatable bonds is 8. The van der Waals surface area contributed by atoms with Gasteiger partial charge in [0.15, 0.2) is 5.69 Å². The summed E-state index contributed by atoms with van der Waals surface area (Å²) in [5.74, 6) is -1.49. The Hall–Kier alpha value is -2.92. The lowest BCUT2D eigenvalue weighted by Gasteiger charge is -2.18. The first-order valence-electron chi connectivity index (χ1n) is 9.59. The second-order valence-corrected chi connectivity index (χ2v) is 10.3. The molecule has 2 aromatic rings. The van der Waals surface area contributed by atoms with Crippen molar-refractivity contribution in [3.8, 4) is 11.6 Å². The van der Waals surface area contributed by atoms with Gasteiger partial charge in [0.25, 0.3) is 0 Å². The number of anilines is 1. The molecule has 0 aliphatic rings. The molecule has 0 atom stereocenters. The van der Waals surface area contributed by atoms with E-state index < -0.39 is 16.0 Å². The molecule has 0 unspecified atom stereocenters. The largest absolute Gasteiger partial charge is 0.476 e. The third-order valence-electron chi connectivity index (χ3n) is 3.87. The smallest absolute Gasteiger partial charge is 0.356 e. The van der Waals surface area contributed by atoms with Crippen molar-refractivity contribution in [2.24, 2.45) is 12.5 Å². The highest BCUT2D eigenvalue weighted by Gasteiger charge is 2.24. The van der Waals surface area contributed by atoms with E-state index in [1.807, 2.05) is 20.8 Å². The molecule has 0 bridgehead atoms. The van der Waals surface area contributed by atoms with Crippen LogP contribution < -0.4 is 14.8 Å². The minimum Gasteiger partial charge on any atom is -0.476 e. The van der Waals surface area contributed by atoms with E-state index in [1.54, 1.807) is 13.8 Å². The van der Waals surface area contributed by atoms with Crippen LogP contribution >= 0.6 is 0 Å². The van der Waals surface area contributed by atoms with Crippen LogP contribution in [0.5, 0.6) is 11.6 Å². The summed E-state index contributed by atoms with van der Waals surface area (Å²) < 4.78 is 35.2. The zero-order chi connectivity index (χ0) is 23.6. The Morgan fingerprint density at radius 3 is 2.39 bits per heavy atom. The van der Waals surface area contributed by atoms with E-state index in [1.165, 1.54) is 36.0 Å². The fourth-order valence-electron chi connectivity index (χ4n) is 2.70. The number of carboxylic acid groups (broad SMARTS) is 1. The molecule has 0 aliphatic heterocycles. The van der Waals surface area contributed by atoms with E-state index in [0.717, 1.165) is 0 Å². The molecular weight excluding hydrogens is 424 g/mol. The molecule has 0 fully saturated rings. The molecule has 170 valence electrons. The number of carbonyl (C=O) groups is 2. The molecule has 1 heterocycles. The number of sulfonamides is 1. The zero-order valence-electron chi connectivity index (χ0n) is 18.4. The van der Waals surface area contributed by atoms with Gasteiger partial charge in [0.2, 0.25) is 21.8 Å². The lowest BCUT2D eigenvalue weighted by atomic mass is 9.92. The van der Waals surface area contributed by atoms with Crippen molar-refractivity contribution < 1.29 is 27.9 Å². The van der Waals surface area contributed by atoms with E-state index >= 15 is 0 Å². The highest BCUT2D eigenvalue weighted by atomic mass is 32.2. The summed E-state index contributed by atoms with van der Waals surface area (Å²) in [6, 6.07) is 5.02. The Kier molecular flexibility index (Phi) is 7.12. The fraction of sp³-hybridized carbons (Fsp3) is 0.450. The number of ether oxygens (including phenoxy) is 1. The minimum atomic E-state index is -4.00. The molecule has 0 radical (unpaired) electrons. The number of aryl methyl sites for hydroxylation is 1. The molecule has 2 rings (SSSR count). The van der Waals surface area contributed by atoms with Gasteiger partial charge in [0.1, 0.15) is 10.6 Å². The zero-order valence-corrected chi connectivity index (χ0v) is 19.2. The van der Waals surface area contributed by atoms with Gasteiger partial charge in [-0.05, 0) is 37.5 Å². The van der Waals surface area contributed by atoms with Gasteiger partial charge in [0.05, 0.1) is 0 Å². The van der Waals surface area contributed by atoms with Gasteiger partial charge in [-0.3, -0.25) is 4.79 Å². The number of hydrogen-bond acceptors (Lipinski definition) is 6. The van der Waals surface area contributed by atoms with Crippen LogP contribution in [-0.4, -0.2) is 41.2 Å². The van der Waals surface area contributed by atoms with Crippen LogP contribution in [0.4, 0.5) is 5.69 Å². The summed E-state index contributed by atoms with van der Waals surface area (Å²) in [6.45, 7) is 9.11. The molecule has 10 nitrogen and oxygen atoms in total. The summed E-state index contributed by atoms with van der Waals surface area (Å²) in [4.78, 5) is 23.2. The van der Waals surface area contributed by atoms with Crippen molar-refractivity contribution in [2.45, 2.75) is 52.0 Å². The molecule has 1 aromatic heterocycles. The second kappa shape index (κ2) is 9.06. The van der Waals surface area contributed by atoms with Gasteiger partial charge in [-0.2, -0.15) is 5.10 Å². The summed E-state index contributed by atoms with van der Waals surface area (Å²) in [5, 5.41) is 15.6. The van der Waals surface area contributed by atoms with Crippen LogP contribution in [0.25, 0.3) is 0 Å². The van der Waals surface area contributed by atoms with Crippen LogP contribution in [0.2, 0.25) is 0 Å². The summed E-state index contributed by atoms with van der Waals surface area (Å²) in [5.41, 5.74) is -0.182. The molecule has 0 saturated carbocycles. The van der Waals surface area contributed by atoms with E-state index in [2.05, 4.69) is 15.1 Å². The average molecular weight is 453 g/mol. The average Bonchev–Trinajstić information content (AvgIpc) is 2.94. The molecule has 1 aromatic carbocycles. The third kappa shape index (κ3) is 6.79. The molecule has 0 spiro atoms. The normalized spacial score (nSPS) is 12.1. The molecular formula is C20H28N4O6S. The number of nitrogens with zero attached hydrogens (tertiary/aromatic N) is 2. The van der Waals surface area contributed by atoms with Gasteiger partial charge in [-0.1, -0.05) is 20.8 Å². The van der Waals surface area contributed by atoms with E-state index in [0.29, 0.717) is 5.69 Å². The number of carbonyl (C=O) groups excluding carboxylic acids is 1. The summed E-state index contributed by atoms with van der Waals surface area (Å²) in [7, 11) is -2.52. The first kappa shape index (κ1) is 24.4. The first-order chi connectivity index (χ1) is 14.2. The summed E-state index contributed by atoms with van der Waals surface area (Å²) >= 11 is 0. The predicted octanol–water partition coefficient (Wildman–Crippen LogP) is 2.97. The van der Waals surface area contributed by atoms with Gasteiger partial charge in [-0.25, -0.2) is 22.6 Å². The third-order valence-corrected chi connectivity index (χ3v) is 5.55. The van der Waals surface area contributed by atoms with Gasteiger partial charge < -0.3 is 15.2 Å². The number of nitrogens with one attached hydrogen (secondary N) is 2. The van der Waals surface area contributed by atoms with Crippen LogP contribution in [0.15, 0.2) is 29.2 Å². The monoisotopic (exact) mass is 452 g/mol. The second-order valence-electron chi connectivity index (χ2n) is 8.62. The van der Waals surface area contributed by atoms with E-state index in [4.69, 9.17) is 9.84 Å². The Labute approximate surface area is 181 Å². The van der Waals surface area contributed by atoms with Crippen LogP contribution in [0, 0.1) is 5.41 Å². The fourth-order valence-corrected chi connectivity index (χ4v) is 4.11. The topological polar surface area (TPSA) is 140 Å². The number of benzene rings is 1. The van der Waals surface area contributed by atoms with Gasteiger partial charge >= 0.3 is 5.97 Å². The van der Waals surface area contributed by atoms with Crippen molar-refractivity contribution in [3.05, 3.63) is 30.0 Å². The van der Waals surface area contributed by atoms with E-state index in [-0.39, 0.29) is 46.0 Å². The Balaban J connectivity index is 2.45. The lowest BCUT2D eigenvalue weighted by Crippen LogP contribution is -2.30. The SMILES string of the molecule is CC(C)NS(=O)(=O)c1cc(NC(=O)CC(C)(C)C)ccc1Oc1cc(C(=O)O)nn1C. The Morgan fingerprint density at radius 2 is 1.87 bits per heavy atom. The Morgan fingerprint density at radius 1 is 1.23 bits per heavy atom. The van der Waals surface area contributed by atoms with Gasteiger partial charge in [0, 0.05) is 31.3 Å². The number of aromatic carboxylic acids is 1. The van der Waals surface area contributed by atoms with Crippen molar-refractivity contribution in [1.29, 1.82) is 0 Å². The number of hydrogen-bond donors (Lipinski definition) is 3. The molecule has 1 amide bonds. The molecule has 31 heavy (non-hydrogen) atoms. The van der Waals surface area contributed by atoms with Gasteiger partial charge in [-0.15, -0.1) is 0 Å². The number of aromatic nitrogens is 2. The van der Waals surface area contributed by atoms with Crippen LogP contribution in [0.3, 0.4) is 0 Å². The maximum absolute atomic E-state index is 12.9. The van der Waals surface area contributed by atoms with Crippen LogP contribution in [0.1, 0.15) is 51.5 Å². The maximum atomic E-state index is 12.9.